The van der Waals surface area contributed by atoms with Crippen LogP contribution < -0.4 is 0 Å². The Morgan fingerprint density at radius 3 is 0.596 bits per heavy atom. The molecule has 0 amide bonds. The lowest BCUT2D eigenvalue weighted by atomic mass is 9.89. The third-order valence-corrected chi connectivity index (χ3v) is 11.3. The molecule has 0 nitrogen and oxygen atoms in total. The van der Waals surface area contributed by atoms with Crippen LogP contribution in [0.4, 0.5) is 0 Å². The van der Waals surface area contributed by atoms with Gasteiger partial charge in [0, 0.05) is 0 Å². The van der Waals surface area contributed by atoms with Crippen molar-refractivity contribution in [1.29, 1.82) is 0 Å². The molecule has 47 heavy (non-hydrogen) atoms. The maximum atomic E-state index is 4.09. The Morgan fingerprint density at radius 2 is 0.404 bits per heavy atom. The summed E-state index contributed by atoms with van der Waals surface area (Å²) in [6.45, 7) is 8.71. The predicted molar refractivity (Wildman–Crippen MR) is 219 cm³/mol. The molecule has 0 aromatic heterocycles. The Bertz CT molecular complexity index is 508. The van der Waals surface area contributed by atoms with Crippen molar-refractivity contribution in [3.05, 3.63) is 6.92 Å². The predicted octanol–water partition coefficient (Wildman–Crippen LogP) is 18.3. The first-order valence-corrected chi connectivity index (χ1v) is 23.1. The average molecular weight is 660 g/mol. The van der Waals surface area contributed by atoms with Crippen molar-refractivity contribution in [3.63, 3.8) is 0 Å². The molecule has 0 saturated carbocycles. The minimum atomic E-state index is 1.01. The Hall–Kier alpha value is 0. The van der Waals surface area contributed by atoms with Crippen molar-refractivity contribution in [2.75, 3.05) is 0 Å². The van der Waals surface area contributed by atoms with Gasteiger partial charge < -0.3 is 0 Å². The SMILES string of the molecule is [CH2]CCCCC(CCCCCCCCCCCCCCCCCC)CCCCCCCCCCCCCCCCCCCCCCC. The summed E-state index contributed by atoms with van der Waals surface area (Å²) in [7, 11) is 0. The number of unbranched alkanes of at least 4 members (excludes halogenated alkanes) is 37. The van der Waals surface area contributed by atoms with Gasteiger partial charge in [-0.1, -0.05) is 297 Å². The summed E-state index contributed by atoms with van der Waals surface area (Å²) in [4.78, 5) is 0. The van der Waals surface area contributed by atoms with Gasteiger partial charge in [-0.3, -0.25) is 0 Å². The zero-order valence-corrected chi connectivity index (χ0v) is 33.7. The third kappa shape index (κ3) is 42.1. The van der Waals surface area contributed by atoms with E-state index in [2.05, 4.69) is 20.8 Å². The smallest absolute Gasteiger partial charge is 0.0414 e. The second-order valence-electron chi connectivity index (χ2n) is 16.2. The zero-order valence-electron chi connectivity index (χ0n) is 33.7. The van der Waals surface area contributed by atoms with Gasteiger partial charge >= 0.3 is 0 Å². The molecule has 0 heterocycles. The molecule has 0 bridgehead atoms. The van der Waals surface area contributed by atoms with Gasteiger partial charge in [0.2, 0.25) is 0 Å². The number of hydrogen-bond acceptors (Lipinski definition) is 0. The fourth-order valence-electron chi connectivity index (χ4n) is 7.89. The van der Waals surface area contributed by atoms with Crippen molar-refractivity contribution >= 4 is 0 Å². The van der Waals surface area contributed by atoms with Gasteiger partial charge in [0.15, 0.2) is 0 Å². The summed E-state index contributed by atoms with van der Waals surface area (Å²) in [5, 5.41) is 0. The van der Waals surface area contributed by atoms with E-state index >= 15 is 0 Å². The molecule has 1 unspecified atom stereocenters. The Labute approximate surface area is 302 Å². The van der Waals surface area contributed by atoms with Gasteiger partial charge in [-0.25, -0.2) is 0 Å². The molecule has 0 rings (SSSR count). The molecule has 0 spiro atoms. The maximum absolute atomic E-state index is 4.09. The minimum absolute atomic E-state index is 1.01. The molecule has 283 valence electrons. The van der Waals surface area contributed by atoms with Crippen molar-refractivity contribution in [2.24, 2.45) is 5.92 Å². The van der Waals surface area contributed by atoms with E-state index in [0.29, 0.717) is 0 Å². The lowest BCUT2D eigenvalue weighted by Gasteiger charge is -2.17. The quantitative estimate of drug-likeness (QED) is 0.0571. The lowest BCUT2D eigenvalue weighted by Crippen LogP contribution is -2.01. The monoisotopic (exact) mass is 660 g/mol. The van der Waals surface area contributed by atoms with Gasteiger partial charge in [-0.05, 0) is 5.92 Å². The Balaban J connectivity index is 3.48. The second-order valence-corrected chi connectivity index (χ2v) is 16.2. The molecule has 0 aliphatic heterocycles. The minimum Gasteiger partial charge on any atom is -0.0654 e. The maximum Gasteiger partial charge on any atom is -0.0414 e. The highest BCUT2D eigenvalue weighted by molar-refractivity contribution is 4.62. The van der Waals surface area contributed by atoms with Crippen LogP contribution in [0.25, 0.3) is 0 Å². The topological polar surface area (TPSA) is 0 Å². The standard InChI is InChI=1S/C47H95/c1-4-7-10-12-14-16-18-20-22-24-25-26-27-28-30-32-34-36-38-40-43-46-47(44-41-9-6-3)45-42-39-37-35-33-31-29-23-21-19-17-15-13-11-8-5-2/h47H,3-46H2,1-2H3. The van der Waals surface area contributed by atoms with Crippen LogP contribution >= 0.6 is 0 Å². The molecule has 0 heteroatoms. The van der Waals surface area contributed by atoms with E-state index in [1.165, 1.54) is 270 Å². The molecular weight excluding hydrogens is 565 g/mol. The summed E-state index contributed by atoms with van der Waals surface area (Å²) in [5.41, 5.74) is 0. The van der Waals surface area contributed by atoms with Crippen LogP contribution in [0.3, 0.4) is 0 Å². The largest absolute Gasteiger partial charge is 0.0654 e. The third-order valence-electron chi connectivity index (χ3n) is 11.3. The van der Waals surface area contributed by atoms with Crippen LogP contribution in [0.2, 0.25) is 0 Å². The summed E-state index contributed by atoms with van der Waals surface area (Å²) in [6, 6.07) is 0. The first-order valence-electron chi connectivity index (χ1n) is 23.1. The van der Waals surface area contributed by atoms with Crippen LogP contribution in [-0.2, 0) is 0 Å². The van der Waals surface area contributed by atoms with Gasteiger partial charge in [0.1, 0.15) is 0 Å². The molecule has 0 N–H and O–H groups in total. The van der Waals surface area contributed by atoms with Crippen molar-refractivity contribution in [3.8, 4) is 0 Å². The molecule has 0 aliphatic rings. The van der Waals surface area contributed by atoms with Crippen LogP contribution in [0.15, 0.2) is 0 Å². The molecular formula is C47H95. The Kier molecular flexibility index (Phi) is 44.0. The summed E-state index contributed by atoms with van der Waals surface area (Å²) < 4.78 is 0. The second kappa shape index (κ2) is 44.0. The molecule has 1 atom stereocenters. The Morgan fingerprint density at radius 1 is 0.234 bits per heavy atom. The van der Waals surface area contributed by atoms with Gasteiger partial charge in [-0.15, -0.1) is 0 Å². The highest BCUT2D eigenvalue weighted by Gasteiger charge is 2.08. The number of rotatable bonds is 43. The van der Waals surface area contributed by atoms with E-state index in [1.807, 2.05) is 0 Å². The molecule has 0 aliphatic carbocycles. The zero-order chi connectivity index (χ0) is 34.0. The fourth-order valence-corrected chi connectivity index (χ4v) is 7.89. The van der Waals surface area contributed by atoms with Gasteiger partial charge in [-0.2, -0.15) is 0 Å². The van der Waals surface area contributed by atoms with Crippen molar-refractivity contribution in [1.82, 2.24) is 0 Å². The van der Waals surface area contributed by atoms with E-state index < -0.39 is 0 Å². The van der Waals surface area contributed by atoms with Crippen LogP contribution in [0, 0.1) is 12.8 Å². The molecule has 0 aromatic rings. The van der Waals surface area contributed by atoms with Crippen LogP contribution in [-0.4, -0.2) is 0 Å². The van der Waals surface area contributed by atoms with Crippen molar-refractivity contribution in [2.45, 2.75) is 290 Å². The first kappa shape index (κ1) is 47.0. The molecule has 1 radical (unpaired) electrons. The molecule has 0 aromatic carbocycles. The van der Waals surface area contributed by atoms with E-state index in [0.717, 1.165) is 12.3 Å². The highest BCUT2D eigenvalue weighted by Crippen LogP contribution is 2.25. The van der Waals surface area contributed by atoms with Crippen LogP contribution in [0.1, 0.15) is 290 Å². The lowest BCUT2D eigenvalue weighted by molar-refractivity contribution is 0.368. The van der Waals surface area contributed by atoms with Gasteiger partial charge in [0.25, 0.3) is 0 Å². The van der Waals surface area contributed by atoms with E-state index in [-0.39, 0.29) is 0 Å². The normalized spacial score (nSPS) is 12.3. The van der Waals surface area contributed by atoms with Crippen LogP contribution in [0.5, 0.6) is 0 Å². The van der Waals surface area contributed by atoms with E-state index in [4.69, 9.17) is 0 Å². The molecule has 0 saturated heterocycles. The average Bonchev–Trinajstić information content (AvgIpc) is 3.08. The fraction of sp³-hybridized carbons (Fsp3) is 0.979. The summed E-state index contributed by atoms with van der Waals surface area (Å²) in [6.07, 6.45) is 63.1. The highest BCUT2D eigenvalue weighted by atomic mass is 14.1. The molecule has 0 fully saturated rings. The van der Waals surface area contributed by atoms with Crippen molar-refractivity contribution < 1.29 is 0 Å². The summed E-state index contributed by atoms with van der Waals surface area (Å²) in [5.74, 6) is 1.01. The van der Waals surface area contributed by atoms with E-state index in [9.17, 15) is 0 Å². The number of hydrogen-bond donors (Lipinski definition) is 0. The van der Waals surface area contributed by atoms with Gasteiger partial charge in [0.05, 0.1) is 0 Å². The summed E-state index contributed by atoms with van der Waals surface area (Å²) >= 11 is 0. The van der Waals surface area contributed by atoms with E-state index in [1.54, 1.807) is 0 Å². The first-order chi connectivity index (χ1) is 23.3.